The number of carboxylic acids is 1. The van der Waals surface area contributed by atoms with Gasteiger partial charge in [0.15, 0.2) is 0 Å². The van der Waals surface area contributed by atoms with Gasteiger partial charge in [-0.05, 0) is 31.0 Å². The number of ether oxygens (including phenoxy) is 1. The lowest BCUT2D eigenvalue weighted by molar-refractivity contribution is -0.192. The van der Waals surface area contributed by atoms with Crippen molar-refractivity contribution in [3.63, 3.8) is 0 Å². The average molecular weight is 461 g/mol. The third-order valence-corrected chi connectivity index (χ3v) is 5.51. The van der Waals surface area contributed by atoms with Crippen LogP contribution >= 0.6 is 11.3 Å². The first-order valence-corrected chi connectivity index (χ1v) is 10.1. The molecule has 1 amide bonds. The first-order valence-electron chi connectivity index (χ1n) is 9.21. The molecule has 2 fully saturated rings. The fourth-order valence-electron chi connectivity index (χ4n) is 3.42. The van der Waals surface area contributed by atoms with E-state index in [-0.39, 0.29) is 17.3 Å². The molecule has 2 aromatic rings. The lowest BCUT2D eigenvalue weighted by atomic mass is 9.91. The Morgan fingerprint density at radius 2 is 2.06 bits per heavy atom. The summed E-state index contributed by atoms with van der Waals surface area (Å²) >= 11 is 1.65. The second-order valence-corrected chi connectivity index (χ2v) is 8.18. The van der Waals surface area contributed by atoms with Crippen LogP contribution in [-0.4, -0.2) is 57.8 Å². The first kappa shape index (κ1) is 23.1. The maximum absolute atomic E-state index is 13.2. The number of carbonyl (C=O) groups is 2. The largest absolute Gasteiger partial charge is 0.490 e. The lowest BCUT2D eigenvalue weighted by Gasteiger charge is -2.47. The monoisotopic (exact) mass is 461 g/mol. The molecule has 12 heteroatoms. The Morgan fingerprint density at radius 1 is 1.35 bits per heavy atom. The smallest absolute Gasteiger partial charge is 0.475 e. The number of carboxylic acid groups (broad SMARTS) is 1. The zero-order valence-corrected chi connectivity index (χ0v) is 16.9. The molecule has 0 bridgehead atoms. The Hall–Kier alpha value is -2.57. The summed E-state index contributed by atoms with van der Waals surface area (Å²) in [5.41, 5.74) is 0.254. The first-order chi connectivity index (χ1) is 14.6. The van der Waals surface area contributed by atoms with Crippen molar-refractivity contribution in [3.8, 4) is 0 Å². The summed E-state index contributed by atoms with van der Waals surface area (Å²) in [5.74, 6) is -3.32. The highest BCUT2D eigenvalue weighted by molar-refractivity contribution is 7.09. The second-order valence-electron chi connectivity index (χ2n) is 7.20. The number of likely N-dealkylation sites (tertiary alicyclic amines) is 1. The molecule has 0 saturated carbocycles. The fraction of sp³-hybridized carbons (Fsp3) is 0.421. The van der Waals surface area contributed by atoms with Crippen LogP contribution in [0.15, 0.2) is 35.8 Å². The van der Waals surface area contributed by atoms with Gasteiger partial charge in [-0.2, -0.15) is 13.2 Å². The van der Waals surface area contributed by atoms with Crippen molar-refractivity contribution in [1.82, 2.24) is 9.88 Å². The number of halogens is 4. The van der Waals surface area contributed by atoms with Crippen molar-refractivity contribution >= 4 is 28.9 Å². The van der Waals surface area contributed by atoms with E-state index in [2.05, 4.69) is 15.2 Å². The van der Waals surface area contributed by atoms with Crippen LogP contribution in [0.2, 0.25) is 0 Å². The van der Waals surface area contributed by atoms with E-state index in [1.54, 1.807) is 23.5 Å². The van der Waals surface area contributed by atoms with Crippen LogP contribution in [0.3, 0.4) is 0 Å². The summed E-state index contributed by atoms with van der Waals surface area (Å²) in [5, 5.41) is 12.9. The summed E-state index contributed by atoms with van der Waals surface area (Å²) in [6.07, 6.45) is -2.15. The Kier molecular flexibility index (Phi) is 6.92. The van der Waals surface area contributed by atoms with Crippen LogP contribution in [0.1, 0.15) is 17.8 Å². The van der Waals surface area contributed by atoms with Crippen LogP contribution in [-0.2, 0) is 20.9 Å². The van der Waals surface area contributed by atoms with Gasteiger partial charge in [0.05, 0.1) is 12.1 Å². The summed E-state index contributed by atoms with van der Waals surface area (Å²) < 4.78 is 51.0. The Labute approximate surface area is 178 Å². The van der Waals surface area contributed by atoms with Crippen molar-refractivity contribution in [2.45, 2.75) is 37.3 Å². The molecule has 2 saturated heterocycles. The van der Waals surface area contributed by atoms with E-state index in [0.29, 0.717) is 12.1 Å². The number of benzene rings is 1. The maximum atomic E-state index is 13.2. The van der Waals surface area contributed by atoms with Crippen LogP contribution < -0.4 is 5.32 Å². The fourth-order valence-corrected chi connectivity index (χ4v) is 4.08. The highest BCUT2D eigenvalue weighted by Crippen LogP contribution is 2.39. The molecule has 1 unspecified atom stereocenters. The minimum atomic E-state index is -5.08. The highest BCUT2D eigenvalue weighted by atomic mass is 32.1. The van der Waals surface area contributed by atoms with Crippen LogP contribution in [0, 0.1) is 5.82 Å². The summed E-state index contributed by atoms with van der Waals surface area (Å²) in [7, 11) is 0. The minimum Gasteiger partial charge on any atom is -0.475 e. The molecular formula is C19H19F4N3O4S. The maximum Gasteiger partial charge on any atom is 0.490 e. The van der Waals surface area contributed by atoms with Gasteiger partial charge in [0.25, 0.3) is 5.91 Å². The summed E-state index contributed by atoms with van der Waals surface area (Å²) in [6, 6.07) is 5.90. The average Bonchev–Trinajstić information content (AvgIpc) is 3.31. The van der Waals surface area contributed by atoms with E-state index in [9.17, 15) is 22.4 Å². The molecule has 2 aliphatic heterocycles. The van der Waals surface area contributed by atoms with E-state index in [1.807, 2.05) is 11.6 Å². The topological polar surface area (TPSA) is 91.8 Å². The van der Waals surface area contributed by atoms with E-state index in [1.165, 1.54) is 12.1 Å². The SMILES string of the molecule is O=C(Nc1cccc(F)c1)C1CCC2(CN(Cc3nccs3)C2)O1.O=C(O)C(F)(F)F. The van der Waals surface area contributed by atoms with Crippen LogP contribution in [0.4, 0.5) is 23.2 Å². The zero-order valence-electron chi connectivity index (χ0n) is 16.1. The molecule has 31 heavy (non-hydrogen) atoms. The number of amides is 1. The quantitative estimate of drug-likeness (QED) is 0.679. The predicted molar refractivity (Wildman–Crippen MR) is 103 cm³/mol. The molecule has 2 aliphatic rings. The van der Waals surface area contributed by atoms with E-state index < -0.39 is 18.2 Å². The molecule has 7 nitrogen and oxygen atoms in total. The van der Waals surface area contributed by atoms with Gasteiger partial charge in [0.1, 0.15) is 16.9 Å². The number of nitrogens with zero attached hydrogens (tertiary/aromatic N) is 2. The number of nitrogens with one attached hydrogen (secondary N) is 1. The molecule has 2 N–H and O–H groups in total. The van der Waals surface area contributed by atoms with E-state index in [4.69, 9.17) is 14.6 Å². The molecule has 4 rings (SSSR count). The van der Waals surface area contributed by atoms with Crippen LogP contribution in [0.25, 0.3) is 0 Å². The standard InChI is InChI=1S/C17H18FN3O2S.C2HF3O2/c18-12-2-1-3-13(8-12)20-16(22)14-4-5-17(23-14)10-21(11-17)9-15-19-6-7-24-15;3-2(4,5)1(6)7/h1-3,6-8,14H,4-5,9-11H2,(H,20,22);(H,6,7). The van der Waals surface area contributed by atoms with Gasteiger partial charge >= 0.3 is 12.1 Å². The molecule has 1 aromatic heterocycles. The van der Waals surface area contributed by atoms with Gasteiger partial charge in [-0.3, -0.25) is 9.69 Å². The summed E-state index contributed by atoms with van der Waals surface area (Å²) in [6.45, 7) is 2.50. The molecule has 1 aromatic carbocycles. The van der Waals surface area contributed by atoms with Crippen molar-refractivity contribution in [1.29, 1.82) is 0 Å². The van der Waals surface area contributed by atoms with Gasteiger partial charge < -0.3 is 15.2 Å². The van der Waals surface area contributed by atoms with Gasteiger partial charge in [0, 0.05) is 30.4 Å². The minimum absolute atomic E-state index is 0.198. The molecule has 168 valence electrons. The number of anilines is 1. The molecule has 0 radical (unpaired) electrons. The van der Waals surface area contributed by atoms with Crippen molar-refractivity contribution < 1.29 is 37.0 Å². The Bertz CT molecular complexity index is 917. The number of aliphatic carboxylic acids is 1. The number of rotatable bonds is 4. The van der Waals surface area contributed by atoms with Crippen molar-refractivity contribution in [3.05, 3.63) is 46.7 Å². The number of aromatic nitrogens is 1. The summed E-state index contributed by atoms with van der Waals surface area (Å²) in [4.78, 5) is 27.8. The van der Waals surface area contributed by atoms with Gasteiger partial charge in [-0.15, -0.1) is 11.3 Å². The third kappa shape index (κ3) is 6.21. The predicted octanol–water partition coefficient (Wildman–Crippen LogP) is 3.29. The zero-order chi connectivity index (χ0) is 22.6. The number of carbonyl (C=O) groups excluding carboxylic acids is 1. The van der Waals surface area contributed by atoms with Crippen LogP contribution in [0.5, 0.6) is 0 Å². The van der Waals surface area contributed by atoms with Gasteiger partial charge in [-0.1, -0.05) is 6.07 Å². The third-order valence-electron chi connectivity index (χ3n) is 4.75. The number of alkyl halides is 3. The Balaban J connectivity index is 0.000000339. The second kappa shape index (κ2) is 9.28. The number of hydrogen-bond acceptors (Lipinski definition) is 6. The number of hydrogen-bond donors (Lipinski definition) is 2. The highest BCUT2D eigenvalue weighted by Gasteiger charge is 2.51. The molecular weight excluding hydrogens is 442 g/mol. The van der Waals surface area contributed by atoms with Crippen molar-refractivity contribution in [2.24, 2.45) is 0 Å². The van der Waals surface area contributed by atoms with E-state index >= 15 is 0 Å². The molecule has 1 atom stereocenters. The lowest BCUT2D eigenvalue weighted by Crippen LogP contribution is -2.61. The molecule has 3 heterocycles. The number of thiazole rings is 1. The normalized spacial score (nSPS) is 19.9. The molecule has 1 spiro atoms. The van der Waals surface area contributed by atoms with Gasteiger partial charge in [-0.25, -0.2) is 14.2 Å². The van der Waals surface area contributed by atoms with Gasteiger partial charge in [0.2, 0.25) is 0 Å². The van der Waals surface area contributed by atoms with Crippen molar-refractivity contribution in [2.75, 3.05) is 18.4 Å². The Morgan fingerprint density at radius 3 is 2.65 bits per heavy atom. The van der Waals surface area contributed by atoms with E-state index in [0.717, 1.165) is 31.1 Å². The molecule has 0 aliphatic carbocycles.